The Morgan fingerprint density at radius 3 is 2.52 bits per heavy atom. The maximum absolute atomic E-state index is 13.6. The number of hydrogen-bond acceptors (Lipinski definition) is 4. The zero-order chi connectivity index (χ0) is 22.6. The van der Waals surface area contributed by atoms with Crippen LogP contribution in [0.4, 0.5) is 21.9 Å². The summed E-state index contributed by atoms with van der Waals surface area (Å²) >= 11 is 1.59. The molecular weight excluding hydrogens is 432 g/mol. The van der Waals surface area contributed by atoms with Gasteiger partial charge in [-0.25, -0.2) is 4.79 Å². The van der Waals surface area contributed by atoms with Crippen LogP contribution < -0.4 is 10.2 Å². The number of para-hydroxylation sites is 1. The number of hydrogen-bond donors (Lipinski definition) is 1. The first kappa shape index (κ1) is 21.7. The van der Waals surface area contributed by atoms with E-state index in [-0.39, 0.29) is 12.0 Å². The van der Waals surface area contributed by atoms with Crippen molar-refractivity contribution >= 4 is 40.4 Å². The Labute approximate surface area is 198 Å². The van der Waals surface area contributed by atoms with Crippen molar-refractivity contribution in [2.75, 3.05) is 10.2 Å². The number of amides is 2. The second kappa shape index (κ2) is 9.79. The quantitative estimate of drug-likeness (QED) is 0.475. The van der Waals surface area contributed by atoms with Crippen molar-refractivity contribution in [1.29, 1.82) is 0 Å². The van der Waals surface area contributed by atoms with Gasteiger partial charge in [0.25, 0.3) is 0 Å². The molecule has 2 heterocycles. The molecule has 1 aliphatic heterocycles. The number of ether oxygens (including phenoxy) is 1. The molecule has 1 N–H and O–H groups in total. The summed E-state index contributed by atoms with van der Waals surface area (Å²) < 4.78 is 5.64. The van der Waals surface area contributed by atoms with Crippen LogP contribution in [0.2, 0.25) is 0 Å². The monoisotopic (exact) mass is 460 g/mol. The van der Waals surface area contributed by atoms with E-state index in [1.165, 1.54) is 6.42 Å². The van der Waals surface area contributed by atoms with Crippen molar-refractivity contribution in [2.45, 2.75) is 57.5 Å². The van der Waals surface area contributed by atoms with E-state index in [0.29, 0.717) is 12.1 Å². The molecule has 1 aromatic heterocycles. The average Bonchev–Trinajstić information content (AvgIpc) is 3.27. The molecule has 0 spiro atoms. The number of aryl methyl sites for hydroxylation is 2. The fraction of sp³-hybridized carbons (Fsp3) is 0.333. The number of fused-ring (bicyclic) bond motifs is 2. The lowest BCUT2D eigenvalue weighted by Crippen LogP contribution is -2.28. The third-order valence-corrected chi connectivity index (χ3v) is 7.33. The van der Waals surface area contributed by atoms with Gasteiger partial charge in [0.15, 0.2) is 0 Å². The summed E-state index contributed by atoms with van der Waals surface area (Å²) in [6, 6.07) is 17.9. The molecule has 0 saturated heterocycles. The molecule has 170 valence electrons. The third-order valence-electron chi connectivity index (χ3n) is 6.45. The molecule has 0 radical (unpaired) electrons. The number of thiophene rings is 1. The normalized spacial score (nSPS) is 15.8. The lowest BCUT2D eigenvalue weighted by molar-refractivity contribution is -0.117. The number of anilines is 3. The van der Waals surface area contributed by atoms with E-state index in [1.807, 2.05) is 58.8 Å². The van der Waals surface area contributed by atoms with Crippen LogP contribution >= 0.6 is 11.3 Å². The van der Waals surface area contributed by atoms with Gasteiger partial charge >= 0.3 is 6.09 Å². The van der Waals surface area contributed by atoms with Crippen LogP contribution in [0.5, 0.6) is 0 Å². The molecule has 0 bridgehead atoms. The zero-order valence-corrected chi connectivity index (χ0v) is 19.4. The van der Waals surface area contributed by atoms with Crippen molar-refractivity contribution in [3.63, 3.8) is 0 Å². The minimum absolute atomic E-state index is 0.00433. The molecule has 5 rings (SSSR count). The highest BCUT2D eigenvalue weighted by Crippen LogP contribution is 2.38. The van der Waals surface area contributed by atoms with Crippen molar-refractivity contribution < 1.29 is 14.3 Å². The maximum Gasteiger partial charge on any atom is 0.411 e. The molecule has 6 heteroatoms. The fourth-order valence-corrected chi connectivity index (χ4v) is 5.49. The van der Waals surface area contributed by atoms with E-state index in [2.05, 4.69) is 11.4 Å². The highest BCUT2D eigenvalue weighted by molar-refractivity contribution is 7.10. The van der Waals surface area contributed by atoms with Gasteiger partial charge in [-0.15, -0.1) is 11.3 Å². The number of nitrogens with one attached hydrogen (secondary N) is 1. The van der Waals surface area contributed by atoms with E-state index < -0.39 is 6.09 Å². The van der Waals surface area contributed by atoms with Crippen LogP contribution in [0.15, 0.2) is 60.0 Å². The van der Waals surface area contributed by atoms with Crippen molar-refractivity contribution in [3.05, 3.63) is 76.0 Å². The van der Waals surface area contributed by atoms with E-state index in [4.69, 9.17) is 4.74 Å². The summed E-state index contributed by atoms with van der Waals surface area (Å²) in [6.07, 6.45) is 6.90. The van der Waals surface area contributed by atoms with Gasteiger partial charge < -0.3 is 4.74 Å². The molecule has 2 aromatic carbocycles. The molecule has 0 atom stereocenters. The largest absolute Gasteiger partial charge is 0.446 e. The standard InChI is InChI=1S/C27H28N2O3S/c30-26(18-23-10-6-16-33-23)29-24-11-5-4-7-19(24)12-13-20-14-15-21(17-25(20)29)28-27(31)32-22-8-2-1-3-9-22/h4-7,10-11,14-17,22H,1-3,8-9,12-13,18H2,(H,28,31). The van der Waals surface area contributed by atoms with E-state index >= 15 is 0 Å². The van der Waals surface area contributed by atoms with Crippen LogP contribution in [-0.2, 0) is 28.8 Å². The van der Waals surface area contributed by atoms with Gasteiger partial charge in [0.2, 0.25) is 5.91 Å². The molecular formula is C27H28N2O3S. The van der Waals surface area contributed by atoms with E-state index in [1.54, 1.807) is 11.3 Å². The number of carbonyl (C=O) groups is 2. The van der Waals surface area contributed by atoms with Crippen LogP contribution in [0.3, 0.4) is 0 Å². The maximum atomic E-state index is 13.6. The second-order valence-corrected chi connectivity index (χ2v) is 9.78. The first-order chi connectivity index (χ1) is 16.2. The SMILES string of the molecule is O=C(Nc1ccc2c(c1)N(C(=O)Cc1cccs1)c1ccccc1CC2)OC1CCCCC1. The summed E-state index contributed by atoms with van der Waals surface area (Å²) in [4.78, 5) is 29.0. The summed E-state index contributed by atoms with van der Waals surface area (Å²) in [6.45, 7) is 0. The van der Waals surface area contributed by atoms with Crippen molar-refractivity contribution in [1.82, 2.24) is 0 Å². The predicted octanol–water partition coefficient (Wildman–Crippen LogP) is 6.64. The molecule has 3 aromatic rings. The van der Waals surface area contributed by atoms with Gasteiger partial charge in [0.1, 0.15) is 6.10 Å². The smallest absolute Gasteiger partial charge is 0.411 e. The second-order valence-electron chi connectivity index (χ2n) is 8.75. The Bertz CT molecular complexity index is 1140. The number of nitrogens with zero attached hydrogens (tertiary/aromatic N) is 1. The Hall–Kier alpha value is -3.12. The lowest BCUT2D eigenvalue weighted by Gasteiger charge is -2.26. The molecule has 0 unspecified atom stereocenters. The molecule has 1 saturated carbocycles. The van der Waals surface area contributed by atoms with Crippen molar-refractivity contribution in [2.24, 2.45) is 0 Å². The minimum atomic E-state index is -0.424. The Kier molecular flexibility index (Phi) is 6.44. The van der Waals surface area contributed by atoms with Crippen LogP contribution in [0.25, 0.3) is 0 Å². The predicted molar refractivity (Wildman–Crippen MR) is 132 cm³/mol. The Morgan fingerprint density at radius 1 is 0.939 bits per heavy atom. The fourth-order valence-electron chi connectivity index (χ4n) is 4.79. The van der Waals surface area contributed by atoms with Crippen LogP contribution in [0, 0.1) is 0 Å². The highest BCUT2D eigenvalue weighted by atomic mass is 32.1. The van der Waals surface area contributed by atoms with Crippen molar-refractivity contribution in [3.8, 4) is 0 Å². The van der Waals surface area contributed by atoms with Gasteiger partial charge in [-0.1, -0.05) is 36.8 Å². The first-order valence-electron chi connectivity index (χ1n) is 11.7. The van der Waals surface area contributed by atoms with Gasteiger partial charge in [0.05, 0.1) is 17.8 Å². The Morgan fingerprint density at radius 2 is 1.73 bits per heavy atom. The summed E-state index contributed by atoms with van der Waals surface area (Å²) in [5.74, 6) is 0.0231. The zero-order valence-electron chi connectivity index (χ0n) is 18.6. The molecule has 5 nitrogen and oxygen atoms in total. The summed E-state index contributed by atoms with van der Waals surface area (Å²) in [7, 11) is 0. The van der Waals surface area contributed by atoms with Crippen LogP contribution in [-0.4, -0.2) is 18.1 Å². The summed E-state index contributed by atoms with van der Waals surface area (Å²) in [5.41, 5.74) is 4.64. The van der Waals surface area contributed by atoms with E-state index in [0.717, 1.165) is 65.9 Å². The van der Waals surface area contributed by atoms with Gasteiger partial charge in [-0.3, -0.25) is 15.0 Å². The number of benzene rings is 2. The topological polar surface area (TPSA) is 58.6 Å². The molecule has 2 aliphatic rings. The van der Waals surface area contributed by atoms with Gasteiger partial charge in [-0.05, 0) is 79.3 Å². The number of rotatable bonds is 4. The number of carbonyl (C=O) groups excluding carboxylic acids is 2. The molecule has 1 aliphatic carbocycles. The van der Waals surface area contributed by atoms with Gasteiger partial charge in [0, 0.05) is 10.6 Å². The Balaban J connectivity index is 1.43. The molecule has 33 heavy (non-hydrogen) atoms. The average molecular weight is 461 g/mol. The third kappa shape index (κ3) is 4.96. The molecule has 2 amide bonds. The highest BCUT2D eigenvalue weighted by Gasteiger charge is 2.27. The van der Waals surface area contributed by atoms with E-state index in [9.17, 15) is 9.59 Å². The lowest BCUT2D eigenvalue weighted by atomic mass is 9.98. The van der Waals surface area contributed by atoms with Gasteiger partial charge in [-0.2, -0.15) is 0 Å². The minimum Gasteiger partial charge on any atom is -0.446 e. The summed E-state index contributed by atoms with van der Waals surface area (Å²) in [5, 5.41) is 4.88. The first-order valence-corrected chi connectivity index (χ1v) is 12.6. The molecule has 1 fully saturated rings. The van der Waals surface area contributed by atoms with Crippen LogP contribution in [0.1, 0.15) is 48.1 Å².